The smallest absolute Gasteiger partial charge is 0.243 e. The molecule has 166 valence electrons. The van der Waals surface area contributed by atoms with Gasteiger partial charge in [0.1, 0.15) is 0 Å². The van der Waals surface area contributed by atoms with E-state index in [-0.39, 0.29) is 4.90 Å². The van der Waals surface area contributed by atoms with Gasteiger partial charge in [-0.1, -0.05) is 81.9 Å². The van der Waals surface area contributed by atoms with Gasteiger partial charge >= 0.3 is 0 Å². The van der Waals surface area contributed by atoms with Crippen LogP contribution in [0.4, 0.5) is 0 Å². The second kappa shape index (κ2) is 10.4. The quantitative estimate of drug-likeness (QED) is 0.409. The molecule has 31 heavy (non-hydrogen) atoms. The first-order valence-electron chi connectivity index (χ1n) is 10.6. The number of nitrogens with zero attached hydrogens (tertiary/aromatic N) is 4. The fraction of sp³-hybridized carbons (Fsp3) is 0.391. The van der Waals surface area contributed by atoms with Crippen molar-refractivity contribution in [3.8, 4) is 11.4 Å². The third-order valence-electron chi connectivity index (χ3n) is 4.88. The second-order valence-electron chi connectivity index (χ2n) is 7.70. The highest BCUT2D eigenvalue weighted by Crippen LogP contribution is 2.28. The predicted octanol–water partition coefficient (Wildman–Crippen LogP) is 4.77. The average molecular weight is 459 g/mol. The van der Waals surface area contributed by atoms with Gasteiger partial charge in [0.15, 0.2) is 11.0 Å². The molecule has 0 bridgehead atoms. The molecule has 0 saturated heterocycles. The molecule has 0 atom stereocenters. The Bertz CT molecular complexity index is 1090. The molecule has 0 radical (unpaired) electrons. The number of hydrogen-bond donors (Lipinski definition) is 0. The molecule has 0 spiro atoms. The summed E-state index contributed by atoms with van der Waals surface area (Å²) in [6.07, 6.45) is 0. The monoisotopic (exact) mass is 458 g/mol. The van der Waals surface area contributed by atoms with Crippen LogP contribution in [0.5, 0.6) is 0 Å². The van der Waals surface area contributed by atoms with Crippen molar-refractivity contribution < 1.29 is 8.42 Å². The topological polar surface area (TPSA) is 68.1 Å². The molecule has 2 aromatic carbocycles. The van der Waals surface area contributed by atoms with Crippen molar-refractivity contribution in [2.75, 3.05) is 18.8 Å². The fourth-order valence-electron chi connectivity index (χ4n) is 3.27. The number of sulfonamides is 1. The molecule has 1 heterocycles. The van der Waals surface area contributed by atoms with Gasteiger partial charge in [-0.15, -0.1) is 10.2 Å². The van der Waals surface area contributed by atoms with Crippen molar-refractivity contribution >= 4 is 21.8 Å². The summed E-state index contributed by atoms with van der Waals surface area (Å²) in [6.45, 7) is 9.53. The van der Waals surface area contributed by atoms with E-state index >= 15 is 0 Å². The van der Waals surface area contributed by atoms with Crippen molar-refractivity contribution in [3.63, 3.8) is 0 Å². The number of hydrogen-bond acceptors (Lipinski definition) is 5. The minimum atomic E-state index is -3.55. The SMILES string of the molecule is CCN(CC)S(=O)(=O)c1cccc(-c2nnc(SCC(C)C)n2Cc2ccccc2)c1. The molecule has 3 aromatic rings. The Morgan fingerprint density at radius 2 is 1.71 bits per heavy atom. The first kappa shape index (κ1) is 23.5. The van der Waals surface area contributed by atoms with E-state index in [2.05, 4.69) is 40.7 Å². The molecule has 1 aromatic heterocycles. The highest BCUT2D eigenvalue weighted by atomic mass is 32.2. The maximum Gasteiger partial charge on any atom is 0.243 e. The van der Waals surface area contributed by atoms with E-state index in [0.717, 1.165) is 22.0 Å². The van der Waals surface area contributed by atoms with Crippen LogP contribution in [0.25, 0.3) is 11.4 Å². The maximum atomic E-state index is 13.0. The van der Waals surface area contributed by atoms with Crippen molar-refractivity contribution in [2.45, 2.75) is 44.3 Å². The fourth-order valence-corrected chi connectivity index (χ4v) is 5.66. The van der Waals surface area contributed by atoms with Gasteiger partial charge in [0.2, 0.25) is 10.0 Å². The number of aromatic nitrogens is 3. The van der Waals surface area contributed by atoms with E-state index in [0.29, 0.717) is 31.4 Å². The third-order valence-corrected chi connectivity index (χ3v) is 8.32. The van der Waals surface area contributed by atoms with E-state index in [4.69, 9.17) is 0 Å². The zero-order chi connectivity index (χ0) is 22.4. The van der Waals surface area contributed by atoms with E-state index in [1.165, 1.54) is 4.31 Å². The molecule has 0 fully saturated rings. The third kappa shape index (κ3) is 5.56. The van der Waals surface area contributed by atoms with Gasteiger partial charge in [-0.2, -0.15) is 4.31 Å². The first-order chi connectivity index (χ1) is 14.9. The summed E-state index contributed by atoms with van der Waals surface area (Å²) in [5, 5.41) is 9.73. The van der Waals surface area contributed by atoms with Crippen molar-refractivity contribution in [1.82, 2.24) is 19.1 Å². The lowest BCUT2D eigenvalue weighted by Crippen LogP contribution is -2.30. The normalized spacial score (nSPS) is 12.1. The zero-order valence-corrected chi connectivity index (χ0v) is 20.2. The summed E-state index contributed by atoms with van der Waals surface area (Å²) in [4.78, 5) is 0.277. The molecule has 8 heteroatoms. The van der Waals surface area contributed by atoms with Crippen LogP contribution in [0.2, 0.25) is 0 Å². The average Bonchev–Trinajstić information content (AvgIpc) is 3.16. The van der Waals surface area contributed by atoms with Gasteiger partial charge in [0, 0.05) is 24.4 Å². The second-order valence-corrected chi connectivity index (χ2v) is 10.6. The zero-order valence-electron chi connectivity index (χ0n) is 18.5. The first-order valence-corrected chi connectivity index (χ1v) is 13.0. The Hall–Kier alpha value is -2.16. The standard InChI is InChI=1S/C23H30N4O2S2/c1-5-26(6-2)31(28,29)21-14-10-13-20(15-21)22-24-25-23(30-17-18(3)4)27(22)16-19-11-8-7-9-12-19/h7-15,18H,5-6,16-17H2,1-4H3. The minimum Gasteiger partial charge on any atom is -0.298 e. The summed E-state index contributed by atoms with van der Waals surface area (Å²) in [7, 11) is -3.55. The Balaban J connectivity index is 2.04. The van der Waals surface area contributed by atoms with Crippen LogP contribution >= 0.6 is 11.8 Å². The van der Waals surface area contributed by atoms with Crippen molar-refractivity contribution in [2.24, 2.45) is 5.92 Å². The summed E-state index contributed by atoms with van der Waals surface area (Å²) >= 11 is 1.67. The molecule has 3 rings (SSSR count). The minimum absolute atomic E-state index is 0.277. The van der Waals surface area contributed by atoms with Crippen LogP contribution in [-0.2, 0) is 16.6 Å². The Labute approximate surface area is 189 Å². The van der Waals surface area contributed by atoms with Crippen LogP contribution in [0, 0.1) is 5.92 Å². The van der Waals surface area contributed by atoms with Crippen LogP contribution < -0.4 is 0 Å². The lowest BCUT2D eigenvalue weighted by atomic mass is 10.2. The van der Waals surface area contributed by atoms with Gasteiger partial charge in [0.25, 0.3) is 0 Å². The van der Waals surface area contributed by atoms with Gasteiger partial charge in [-0.25, -0.2) is 8.42 Å². The molecule has 0 aliphatic rings. The van der Waals surface area contributed by atoms with Crippen molar-refractivity contribution in [3.05, 3.63) is 60.2 Å². The molecule has 6 nitrogen and oxygen atoms in total. The predicted molar refractivity (Wildman–Crippen MR) is 127 cm³/mol. The summed E-state index contributed by atoms with van der Waals surface area (Å²) in [5.74, 6) is 2.13. The summed E-state index contributed by atoms with van der Waals surface area (Å²) in [6, 6.07) is 17.2. The Morgan fingerprint density at radius 1 is 1.00 bits per heavy atom. The molecule has 0 unspecified atom stereocenters. The maximum absolute atomic E-state index is 13.0. The molecule has 0 aliphatic carbocycles. The van der Waals surface area contributed by atoms with E-state index < -0.39 is 10.0 Å². The van der Waals surface area contributed by atoms with Gasteiger partial charge in [0.05, 0.1) is 11.4 Å². The number of benzene rings is 2. The van der Waals surface area contributed by atoms with E-state index in [9.17, 15) is 8.42 Å². The van der Waals surface area contributed by atoms with Crippen LogP contribution in [0.3, 0.4) is 0 Å². The van der Waals surface area contributed by atoms with Gasteiger partial charge in [-0.05, 0) is 23.6 Å². The largest absolute Gasteiger partial charge is 0.298 e. The lowest BCUT2D eigenvalue weighted by molar-refractivity contribution is 0.445. The van der Waals surface area contributed by atoms with Crippen LogP contribution in [0.15, 0.2) is 64.6 Å². The van der Waals surface area contributed by atoms with Gasteiger partial charge in [-0.3, -0.25) is 4.57 Å². The number of thioether (sulfide) groups is 1. The van der Waals surface area contributed by atoms with Crippen LogP contribution in [0.1, 0.15) is 33.3 Å². The van der Waals surface area contributed by atoms with Gasteiger partial charge < -0.3 is 0 Å². The van der Waals surface area contributed by atoms with Crippen molar-refractivity contribution in [1.29, 1.82) is 0 Å². The lowest BCUT2D eigenvalue weighted by Gasteiger charge is -2.19. The molecule has 0 amide bonds. The number of rotatable bonds is 10. The molecular weight excluding hydrogens is 428 g/mol. The van der Waals surface area contributed by atoms with E-state index in [1.54, 1.807) is 30.0 Å². The molecule has 0 N–H and O–H groups in total. The van der Waals surface area contributed by atoms with E-state index in [1.807, 2.05) is 38.1 Å². The highest BCUT2D eigenvalue weighted by molar-refractivity contribution is 7.99. The molecular formula is C23H30N4O2S2. The summed E-state index contributed by atoms with van der Waals surface area (Å²) < 4.78 is 29.6. The Morgan fingerprint density at radius 3 is 2.35 bits per heavy atom. The molecule has 0 aliphatic heterocycles. The Kier molecular flexibility index (Phi) is 7.91. The molecule has 0 saturated carbocycles. The summed E-state index contributed by atoms with van der Waals surface area (Å²) in [5.41, 5.74) is 1.88. The van der Waals surface area contributed by atoms with Crippen LogP contribution in [-0.4, -0.2) is 46.3 Å². The highest BCUT2D eigenvalue weighted by Gasteiger charge is 2.23.